The zero-order valence-corrected chi connectivity index (χ0v) is 10.2. The summed E-state index contributed by atoms with van der Waals surface area (Å²) in [7, 11) is 1.65. The summed E-state index contributed by atoms with van der Waals surface area (Å²) in [5.41, 5.74) is 0. The van der Waals surface area contributed by atoms with Gasteiger partial charge in [0.15, 0.2) is 0 Å². The van der Waals surface area contributed by atoms with Gasteiger partial charge in [-0.05, 0) is 12.8 Å². The van der Waals surface area contributed by atoms with Gasteiger partial charge in [-0.1, -0.05) is 0 Å². The van der Waals surface area contributed by atoms with E-state index in [-0.39, 0.29) is 23.5 Å². The van der Waals surface area contributed by atoms with Crippen LogP contribution in [0.1, 0.15) is 12.8 Å². The molecule has 0 radical (unpaired) electrons. The standard InChI is InChI=1S/C10H17NO4S/c1-15-8-3-2-4-11(5-8)9(12)6-16-7-10(13)14/h8H,2-7H2,1H3,(H,13,14). The molecular formula is C10H17NO4S. The van der Waals surface area contributed by atoms with E-state index in [0.717, 1.165) is 31.1 Å². The van der Waals surface area contributed by atoms with E-state index in [2.05, 4.69) is 0 Å². The second-order valence-corrected chi connectivity index (χ2v) is 4.71. The molecule has 1 N–H and O–H groups in total. The minimum Gasteiger partial charge on any atom is -0.481 e. The molecule has 5 nitrogen and oxygen atoms in total. The third-order valence-corrected chi connectivity index (χ3v) is 3.42. The number of likely N-dealkylation sites (tertiary alicyclic amines) is 1. The van der Waals surface area contributed by atoms with Crippen molar-refractivity contribution >= 4 is 23.6 Å². The van der Waals surface area contributed by atoms with E-state index in [0.29, 0.717) is 6.54 Å². The molecule has 1 unspecified atom stereocenters. The van der Waals surface area contributed by atoms with Crippen LogP contribution in [0.3, 0.4) is 0 Å². The van der Waals surface area contributed by atoms with Crippen molar-refractivity contribution < 1.29 is 19.4 Å². The number of carboxylic acid groups (broad SMARTS) is 1. The number of amides is 1. The van der Waals surface area contributed by atoms with Gasteiger partial charge >= 0.3 is 5.97 Å². The summed E-state index contributed by atoms with van der Waals surface area (Å²) < 4.78 is 5.22. The molecule has 0 saturated carbocycles. The van der Waals surface area contributed by atoms with Crippen LogP contribution in [-0.2, 0) is 14.3 Å². The van der Waals surface area contributed by atoms with Crippen LogP contribution in [-0.4, -0.2) is 59.7 Å². The van der Waals surface area contributed by atoms with Gasteiger partial charge in [-0.15, -0.1) is 11.8 Å². The molecule has 0 aliphatic carbocycles. The monoisotopic (exact) mass is 247 g/mol. The Morgan fingerprint density at radius 1 is 1.50 bits per heavy atom. The average Bonchev–Trinajstić information content (AvgIpc) is 2.28. The number of thioether (sulfide) groups is 1. The van der Waals surface area contributed by atoms with Crippen LogP contribution in [0, 0.1) is 0 Å². The molecule has 1 atom stereocenters. The highest BCUT2D eigenvalue weighted by molar-refractivity contribution is 8.00. The highest BCUT2D eigenvalue weighted by atomic mass is 32.2. The molecule has 16 heavy (non-hydrogen) atoms. The van der Waals surface area contributed by atoms with Gasteiger partial charge in [0.05, 0.1) is 17.6 Å². The Hall–Kier alpha value is -0.750. The lowest BCUT2D eigenvalue weighted by molar-refractivity contribution is -0.133. The van der Waals surface area contributed by atoms with Gasteiger partial charge in [-0.2, -0.15) is 0 Å². The maximum absolute atomic E-state index is 11.7. The highest BCUT2D eigenvalue weighted by Crippen LogP contribution is 2.14. The van der Waals surface area contributed by atoms with Crippen LogP contribution in [0.25, 0.3) is 0 Å². The number of nitrogens with zero attached hydrogens (tertiary/aromatic N) is 1. The van der Waals surface area contributed by atoms with Crippen molar-refractivity contribution in [1.82, 2.24) is 4.90 Å². The number of piperidine rings is 1. The fraction of sp³-hybridized carbons (Fsp3) is 0.800. The van der Waals surface area contributed by atoms with Crippen LogP contribution >= 0.6 is 11.8 Å². The molecule has 0 bridgehead atoms. The molecule has 1 fully saturated rings. The van der Waals surface area contributed by atoms with Gasteiger partial charge in [-0.3, -0.25) is 9.59 Å². The summed E-state index contributed by atoms with van der Waals surface area (Å²) in [4.78, 5) is 23.7. The second-order valence-electron chi connectivity index (χ2n) is 3.73. The van der Waals surface area contributed by atoms with Crippen molar-refractivity contribution in [3.8, 4) is 0 Å². The third kappa shape index (κ3) is 4.40. The van der Waals surface area contributed by atoms with Gasteiger partial charge in [0, 0.05) is 20.2 Å². The first kappa shape index (κ1) is 13.3. The van der Waals surface area contributed by atoms with E-state index >= 15 is 0 Å². The summed E-state index contributed by atoms with van der Waals surface area (Å²) in [6, 6.07) is 0. The number of ether oxygens (including phenoxy) is 1. The van der Waals surface area contributed by atoms with E-state index < -0.39 is 5.97 Å². The molecule has 1 amide bonds. The molecule has 0 aromatic carbocycles. The van der Waals surface area contributed by atoms with E-state index in [1.807, 2.05) is 0 Å². The summed E-state index contributed by atoms with van der Waals surface area (Å²) in [6.07, 6.45) is 2.07. The van der Waals surface area contributed by atoms with Gasteiger partial charge in [0.1, 0.15) is 0 Å². The Bertz CT molecular complexity index is 259. The van der Waals surface area contributed by atoms with Gasteiger partial charge in [-0.25, -0.2) is 0 Å². The number of rotatable bonds is 5. The largest absolute Gasteiger partial charge is 0.481 e. The zero-order valence-electron chi connectivity index (χ0n) is 9.35. The minimum atomic E-state index is -0.883. The molecule has 0 spiro atoms. The van der Waals surface area contributed by atoms with Crippen LogP contribution in [0.2, 0.25) is 0 Å². The fourth-order valence-corrected chi connectivity index (χ4v) is 2.31. The van der Waals surface area contributed by atoms with E-state index in [9.17, 15) is 9.59 Å². The number of methoxy groups -OCH3 is 1. The topological polar surface area (TPSA) is 66.8 Å². The Morgan fingerprint density at radius 2 is 2.25 bits per heavy atom. The predicted octanol–water partition coefficient (Wildman–Crippen LogP) is 0.442. The van der Waals surface area contributed by atoms with Gasteiger partial charge < -0.3 is 14.7 Å². The molecule has 0 aromatic heterocycles. The summed E-state index contributed by atoms with van der Waals surface area (Å²) >= 11 is 1.14. The Labute approximate surface area is 99.1 Å². The predicted molar refractivity (Wildman–Crippen MR) is 61.6 cm³/mol. The fourth-order valence-electron chi connectivity index (χ4n) is 1.67. The van der Waals surface area contributed by atoms with Crippen molar-refractivity contribution in [2.75, 3.05) is 31.7 Å². The van der Waals surface area contributed by atoms with Gasteiger partial charge in [0.2, 0.25) is 5.91 Å². The van der Waals surface area contributed by atoms with E-state index in [1.54, 1.807) is 12.0 Å². The Kier molecular flexibility index (Phi) is 5.62. The van der Waals surface area contributed by atoms with E-state index in [1.165, 1.54) is 0 Å². The second kappa shape index (κ2) is 6.75. The molecule has 1 aliphatic heterocycles. The lowest BCUT2D eigenvalue weighted by atomic mass is 10.1. The normalized spacial score (nSPS) is 20.8. The Balaban J connectivity index is 2.27. The van der Waals surface area contributed by atoms with Crippen molar-refractivity contribution in [3.63, 3.8) is 0 Å². The first-order valence-electron chi connectivity index (χ1n) is 5.23. The molecule has 1 aliphatic rings. The van der Waals surface area contributed by atoms with Crippen LogP contribution < -0.4 is 0 Å². The molecule has 6 heteroatoms. The maximum Gasteiger partial charge on any atom is 0.313 e. The van der Waals surface area contributed by atoms with Crippen molar-refractivity contribution in [3.05, 3.63) is 0 Å². The molecule has 1 heterocycles. The van der Waals surface area contributed by atoms with Crippen molar-refractivity contribution in [1.29, 1.82) is 0 Å². The maximum atomic E-state index is 11.7. The molecule has 1 rings (SSSR count). The first-order valence-corrected chi connectivity index (χ1v) is 6.39. The number of carboxylic acids is 1. The molecule has 0 aromatic rings. The number of aliphatic carboxylic acids is 1. The summed E-state index contributed by atoms with van der Waals surface area (Å²) in [6.45, 7) is 1.38. The molecule has 92 valence electrons. The number of carbonyl (C=O) groups is 2. The summed E-state index contributed by atoms with van der Waals surface area (Å²) in [5.74, 6) is -0.657. The van der Waals surface area contributed by atoms with Crippen LogP contribution in [0.4, 0.5) is 0 Å². The molecular weight excluding hydrogens is 230 g/mol. The van der Waals surface area contributed by atoms with Crippen LogP contribution in [0.5, 0.6) is 0 Å². The zero-order chi connectivity index (χ0) is 12.0. The van der Waals surface area contributed by atoms with E-state index in [4.69, 9.17) is 9.84 Å². The number of hydrogen-bond acceptors (Lipinski definition) is 4. The summed E-state index contributed by atoms with van der Waals surface area (Å²) in [5, 5.41) is 8.45. The molecule has 1 saturated heterocycles. The average molecular weight is 247 g/mol. The Morgan fingerprint density at radius 3 is 2.88 bits per heavy atom. The quantitative estimate of drug-likeness (QED) is 0.763. The first-order chi connectivity index (χ1) is 7.63. The van der Waals surface area contributed by atoms with Crippen molar-refractivity contribution in [2.24, 2.45) is 0 Å². The lowest BCUT2D eigenvalue weighted by Gasteiger charge is -2.31. The number of carbonyl (C=O) groups excluding carboxylic acids is 1. The van der Waals surface area contributed by atoms with Gasteiger partial charge in [0.25, 0.3) is 0 Å². The minimum absolute atomic E-state index is 0.00741. The van der Waals surface area contributed by atoms with Crippen molar-refractivity contribution in [2.45, 2.75) is 18.9 Å². The SMILES string of the molecule is COC1CCCN(C(=O)CSCC(=O)O)C1. The third-order valence-electron chi connectivity index (χ3n) is 2.52. The van der Waals surface area contributed by atoms with Crippen LogP contribution in [0.15, 0.2) is 0 Å². The highest BCUT2D eigenvalue weighted by Gasteiger charge is 2.23. The smallest absolute Gasteiger partial charge is 0.313 e. The lowest BCUT2D eigenvalue weighted by Crippen LogP contribution is -2.43. The number of hydrogen-bond donors (Lipinski definition) is 1.